The maximum absolute atomic E-state index is 6.17. The molecule has 0 aliphatic heterocycles. The number of rotatable bonds is 4. The van der Waals surface area contributed by atoms with Gasteiger partial charge in [0.1, 0.15) is 11.4 Å². The van der Waals surface area contributed by atoms with Gasteiger partial charge in [0.15, 0.2) is 10.9 Å². The largest absolute Gasteiger partial charge is 0.354 e. The van der Waals surface area contributed by atoms with Crippen LogP contribution in [-0.2, 0) is 0 Å². The van der Waals surface area contributed by atoms with Crippen molar-refractivity contribution in [2.75, 3.05) is 10.6 Å². The Morgan fingerprint density at radius 3 is 2.52 bits per heavy atom. The lowest BCUT2D eigenvalue weighted by Crippen LogP contribution is -2.19. The number of nitrogens with one attached hydrogen (secondary N) is 2. The highest BCUT2D eigenvalue weighted by Crippen LogP contribution is 2.24. The van der Waals surface area contributed by atoms with Crippen LogP contribution >= 0.6 is 23.8 Å². The Kier molecular flexibility index (Phi) is 5.48. The van der Waals surface area contributed by atoms with Crippen LogP contribution in [0.2, 0.25) is 5.02 Å². The zero-order valence-electron chi connectivity index (χ0n) is 13.5. The maximum Gasteiger partial charge on any atom is 0.183 e. The number of hydrogen-bond donors (Lipinski definition) is 2. The number of nitrogens with zero attached hydrogens (tertiary/aromatic N) is 1. The van der Waals surface area contributed by atoms with E-state index in [2.05, 4.69) is 15.8 Å². The first-order valence-electron chi connectivity index (χ1n) is 7.65. The molecule has 0 amide bonds. The molecular formula is C19H16ClN3OS. The Morgan fingerprint density at radius 1 is 1.04 bits per heavy atom. The summed E-state index contributed by atoms with van der Waals surface area (Å²) < 4.78 is 5.38. The van der Waals surface area contributed by atoms with Gasteiger partial charge in [0.25, 0.3) is 0 Å². The van der Waals surface area contributed by atoms with Gasteiger partial charge in [0.05, 0.1) is 0 Å². The zero-order valence-corrected chi connectivity index (χ0v) is 15.1. The second-order valence-electron chi connectivity index (χ2n) is 5.31. The molecule has 3 aromatic rings. The lowest BCUT2D eigenvalue weighted by atomic mass is 10.2. The normalized spacial score (nSPS) is 10.8. The Morgan fingerprint density at radius 2 is 1.76 bits per heavy atom. The van der Waals surface area contributed by atoms with E-state index in [1.165, 1.54) is 0 Å². The molecule has 4 nitrogen and oxygen atoms in total. The second-order valence-corrected chi connectivity index (χ2v) is 6.12. The summed E-state index contributed by atoms with van der Waals surface area (Å²) in [5.74, 6) is 0.578. The van der Waals surface area contributed by atoms with Crippen LogP contribution in [0.25, 0.3) is 12.2 Å². The predicted octanol–water partition coefficient (Wildman–Crippen LogP) is 5.62. The van der Waals surface area contributed by atoms with E-state index >= 15 is 0 Å². The van der Waals surface area contributed by atoms with E-state index in [-0.39, 0.29) is 0 Å². The number of aryl methyl sites for hydroxylation is 1. The summed E-state index contributed by atoms with van der Waals surface area (Å²) in [7, 11) is 0. The summed E-state index contributed by atoms with van der Waals surface area (Å²) in [6.07, 6.45) is 3.69. The van der Waals surface area contributed by atoms with Crippen LogP contribution < -0.4 is 10.6 Å². The van der Waals surface area contributed by atoms with Crippen molar-refractivity contribution in [3.05, 3.63) is 76.6 Å². The molecule has 0 aliphatic carbocycles. The third kappa shape index (κ3) is 4.47. The Hall–Kier alpha value is -2.63. The quantitative estimate of drug-likeness (QED) is 0.585. The minimum absolute atomic E-state index is 0.463. The third-order valence-electron chi connectivity index (χ3n) is 3.48. The van der Waals surface area contributed by atoms with Gasteiger partial charge in [0, 0.05) is 10.7 Å². The molecule has 2 N–H and O–H groups in total. The van der Waals surface area contributed by atoms with E-state index in [9.17, 15) is 0 Å². The van der Waals surface area contributed by atoms with Crippen LogP contribution in [0.15, 0.2) is 59.1 Å². The maximum atomic E-state index is 6.17. The smallest absolute Gasteiger partial charge is 0.183 e. The molecule has 0 saturated heterocycles. The van der Waals surface area contributed by atoms with E-state index < -0.39 is 0 Å². The zero-order chi connectivity index (χ0) is 17.6. The van der Waals surface area contributed by atoms with E-state index in [0.717, 1.165) is 22.6 Å². The number of benzene rings is 2. The van der Waals surface area contributed by atoms with Crippen molar-refractivity contribution >= 4 is 52.5 Å². The summed E-state index contributed by atoms with van der Waals surface area (Å²) in [6, 6.07) is 17.3. The molecule has 3 rings (SSSR count). The van der Waals surface area contributed by atoms with E-state index in [4.69, 9.17) is 28.3 Å². The summed E-state index contributed by atoms with van der Waals surface area (Å²) in [6.45, 7) is 1.85. The molecule has 0 fully saturated rings. The van der Waals surface area contributed by atoms with Crippen LogP contribution in [0, 0.1) is 6.92 Å². The first-order valence-corrected chi connectivity index (χ1v) is 8.44. The summed E-state index contributed by atoms with van der Waals surface area (Å²) >= 11 is 11.5. The molecule has 2 aromatic carbocycles. The van der Waals surface area contributed by atoms with Crippen LogP contribution in [0.5, 0.6) is 0 Å². The molecule has 0 radical (unpaired) electrons. The lowest BCUT2D eigenvalue weighted by Gasteiger charge is -2.09. The topological polar surface area (TPSA) is 50.1 Å². The highest BCUT2D eigenvalue weighted by Gasteiger charge is 2.12. The molecule has 0 bridgehead atoms. The van der Waals surface area contributed by atoms with Gasteiger partial charge in [-0.05, 0) is 55.1 Å². The van der Waals surface area contributed by atoms with E-state index in [1.807, 2.05) is 73.7 Å². The molecule has 1 heterocycles. The average Bonchev–Trinajstić information content (AvgIpc) is 2.95. The average molecular weight is 370 g/mol. The minimum Gasteiger partial charge on any atom is -0.354 e. The van der Waals surface area contributed by atoms with E-state index in [0.29, 0.717) is 15.9 Å². The van der Waals surface area contributed by atoms with Crippen molar-refractivity contribution in [1.82, 2.24) is 5.16 Å². The molecule has 6 heteroatoms. The molecule has 0 aliphatic rings. The predicted molar refractivity (Wildman–Crippen MR) is 108 cm³/mol. The molecule has 126 valence electrons. The van der Waals surface area contributed by atoms with Gasteiger partial charge in [-0.15, -0.1) is 0 Å². The van der Waals surface area contributed by atoms with Crippen molar-refractivity contribution in [2.45, 2.75) is 6.92 Å². The molecule has 0 saturated carbocycles. The first-order chi connectivity index (χ1) is 12.1. The van der Waals surface area contributed by atoms with Gasteiger partial charge < -0.3 is 15.2 Å². The highest BCUT2D eigenvalue weighted by atomic mass is 35.5. The third-order valence-corrected chi connectivity index (χ3v) is 4.03. The molecule has 0 atom stereocenters. The van der Waals surface area contributed by atoms with Gasteiger partial charge >= 0.3 is 0 Å². The van der Waals surface area contributed by atoms with Crippen molar-refractivity contribution in [2.24, 2.45) is 0 Å². The van der Waals surface area contributed by atoms with Crippen molar-refractivity contribution in [3.8, 4) is 0 Å². The summed E-state index contributed by atoms with van der Waals surface area (Å²) in [4.78, 5) is 0. The van der Waals surface area contributed by atoms with Gasteiger partial charge in [-0.1, -0.05) is 53.2 Å². The van der Waals surface area contributed by atoms with E-state index in [1.54, 1.807) is 0 Å². The molecule has 0 spiro atoms. The first kappa shape index (κ1) is 17.2. The highest BCUT2D eigenvalue weighted by molar-refractivity contribution is 7.80. The van der Waals surface area contributed by atoms with Gasteiger partial charge in [-0.2, -0.15) is 0 Å². The number of hydrogen-bond acceptors (Lipinski definition) is 3. The Labute approximate surface area is 156 Å². The fourth-order valence-corrected chi connectivity index (χ4v) is 2.64. The molecule has 1 aromatic heterocycles. The SMILES string of the molecule is Cc1noc(/C=C/c2ccccc2Cl)c1NC(=S)Nc1ccccc1. The van der Waals surface area contributed by atoms with Crippen molar-refractivity contribution in [3.63, 3.8) is 0 Å². The van der Waals surface area contributed by atoms with Gasteiger partial charge in [-0.3, -0.25) is 0 Å². The molecule has 0 unspecified atom stereocenters. The van der Waals surface area contributed by atoms with Gasteiger partial charge in [-0.25, -0.2) is 0 Å². The van der Waals surface area contributed by atoms with Crippen LogP contribution in [0.4, 0.5) is 11.4 Å². The number of halogens is 1. The fourth-order valence-electron chi connectivity index (χ4n) is 2.23. The summed E-state index contributed by atoms with van der Waals surface area (Å²) in [5, 5.41) is 11.4. The van der Waals surface area contributed by atoms with Crippen molar-refractivity contribution in [1.29, 1.82) is 0 Å². The van der Waals surface area contributed by atoms with Crippen molar-refractivity contribution < 1.29 is 4.52 Å². The Bertz CT molecular complexity index is 906. The fraction of sp³-hybridized carbons (Fsp3) is 0.0526. The van der Waals surface area contributed by atoms with Crippen LogP contribution in [0.3, 0.4) is 0 Å². The number of aromatic nitrogens is 1. The van der Waals surface area contributed by atoms with Crippen LogP contribution in [0.1, 0.15) is 17.0 Å². The number of anilines is 2. The molecular weight excluding hydrogens is 354 g/mol. The minimum atomic E-state index is 0.463. The molecule has 25 heavy (non-hydrogen) atoms. The summed E-state index contributed by atoms with van der Waals surface area (Å²) in [5.41, 5.74) is 3.24. The standard InChI is InChI=1S/C19H16ClN3OS/c1-13-18(22-19(25)21-15-8-3-2-4-9-15)17(24-23-13)12-11-14-7-5-6-10-16(14)20/h2-12H,1H3,(H2,21,22,25)/b12-11+. The number of thiocarbonyl (C=S) groups is 1. The van der Waals surface area contributed by atoms with Crippen LogP contribution in [-0.4, -0.2) is 10.3 Å². The monoisotopic (exact) mass is 369 g/mol. The lowest BCUT2D eigenvalue weighted by molar-refractivity contribution is 0.408. The number of para-hydroxylation sites is 1. The van der Waals surface area contributed by atoms with Gasteiger partial charge in [0.2, 0.25) is 0 Å². The Balaban J connectivity index is 1.75. The second kappa shape index (κ2) is 7.96.